The van der Waals surface area contributed by atoms with Crippen molar-refractivity contribution in [1.29, 1.82) is 0 Å². The molecule has 7 rings (SSSR count). The maximum absolute atomic E-state index is 14.6. The number of allylic oxidation sites excluding steroid dienone is 2. The quantitative estimate of drug-likeness (QED) is 0.254. The lowest BCUT2D eigenvalue weighted by Gasteiger charge is -2.49. The summed E-state index contributed by atoms with van der Waals surface area (Å²) in [6.45, 7) is 1.70. The molecule has 3 aromatic rings. The predicted molar refractivity (Wildman–Crippen MR) is 174 cm³/mol. The summed E-state index contributed by atoms with van der Waals surface area (Å²) in [6, 6.07) is 17.5. The number of phenolic OH excluding ortho intramolecular Hbond substituents is 1. The van der Waals surface area contributed by atoms with Gasteiger partial charge in [-0.25, -0.2) is 9.29 Å². The van der Waals surface area contributed by atoms with E-state index in [4.69, 9.17) is 16.3 Å². The van der Waals surface area contributed by atoms with Crippen LogP contribution in [0.4, 0.5) is 10.1 Å². The fraction of sp³-hybridized carbons (Fsp3) is 0.351. The van der Waals surface area contributed by atoms with Crippen LogP contribution in [0.3, 0.4) is 0 Å². The lowest BCUT2D eigenvalue weighted by Crippen LogP contribution is -2.49. The van der Waals surface area contributed by atoms with Crippen molar-refractivity contribution >= 4 is 40.9 Å². The molecule has 0 radical (unpaired) electrons. The summed E-state index contributed by atoms with van der Waals surface area (Å²) in [5, 5.41) is 19.0. The molecular formula is C37H34ClFN2O7. The van der Waals surface area contributed by atoms with Gasteiger partial charge in [0.05, 0.1) is 40.5 Å². The highest BCUT2D eigenvalue weighted by atomic mass is 35.5. The average Bonchev–Trinajstić information content (AvgIpc) is 3.44. The number of carbonyl (C=O) groups excluding carboxylic acids is 4. The number of benzene rings is 3. The molecule has 0 spiro atoms. The van der Waals surface area contributed by atoms with Gasteiger partial charge in [0.15, 0.2) is 0 Å². The average molecular weight is 673 g/mol. The molecule has 2 saturated heterocycles. The minimum Gasteiger partial charge on any atom is -0.508 e. The van der Waals surface area contributed by atoms with Crippen molar-refractivity contribution in [1.82, 2.24) is 4.90 Å². The van der Waals surface area contributed by atoms with Gasteiger partial charge in [0, 0.05) is 18.0 Å². The lowest BCUT2D eigenvalue weighted by atomic mass is 9.51. The van der Waals surface area contributed by atoms with E-state index < -0.39 is 52.6 Å². The molecule has 2 aliphatic carbocycles. The highest BCUT2D eigenvalue weighted by molar-refractivity contribution is 6.31. The minimum absolute atomic E-state index is 0.00705. The van der Waals surface area contributed by atoms with Crippen LogP contribution in [0.5, 0.6) is 11.5 Å². The fourth-order valence-corrected chi connectivity index (χ4v) is 8.60. The third kappa shape index (κ3) is 4.92. The summed E-state index contributed by atoms with van der Waals surface area (Å²) in [7, 11) is 0. The smallest absolute Gasteiger partial charge is 0.241 e. The van der Waals surface area contributed by atoms with Crippen molar-refractivity contribution < 1.29 is 38.5 Å². The topological polar surface area (TPSA) is 124 Å². The Morgan fingerprint density at radius 3 is 2.46 bits per heavy atom. The second-order valence-corrected chi connectivity index (χ2v) is 13.5. The van der Waals surface area contributed by atoms with Gasteiger partial charge in [-0.3, -0.25) is 24.1 Å². The number of phenols is 1. The molecule has 9 nitrogen and oxygen atoms in total. The van der Waals surface area contributed by atoms with E-state index in [9.17, 15) is 33.8 Å². The molecular weight excluding hydrogens is 639 g/mol. The Bertz CT molecular complexity index is 1860. The summed E-state index contributed by atoms with van der Waals surface area (Å²) < 4.78 is 20.1. The van der Waals surface area contributed by atoms with E-state index in [2.05, 4.69) is 0 Å². The number of anilines is 1. The maximum atomic E-state index is 14.6. The number of rotatable bonds is 8. The third-order valence-corrected chi connectivity index (χ3v) is 11.0. The number of aliphatic hydroxyl groups is 1. The van der Waals surface area contributed by atoms with Crippen LogP contribution in [0.1, 0.15) is 36.8 Å². The second-order valence-electron chi connectivity index (χ2n) is 13.1. The van der Waals surface area contributed by atoms with Crippen LogP contribution >= 0.6 is 11.6 Å². The number of fused-ring (bicyclic) bond motifs is 4. The zero-order valence-corrected chi connectivity index (χ0v) is 26.9. The first-order valence-electron chi connectivity index (χ1n) is 16.0. The fourth-order valence-electron chi connectivity index (χ4n) is 8.42. The van der Waals surface area contributed by atoms with Crippen molar-refractivity contribution in [3.63, 3.8) is 0 Å². The van der Waals surface area contributed by atoms with E-state index in [1.165, 1.54) is 17.0 Å². The van der Waals surface area contributed by atoms with Gasteiger partial charge in [-0.05, 0) is 74.1 Å². The zero-order valence-electron chi connectivity index (χ0n) is 26.1. The Morgan fingerprint density at radius 2 is 1.73 bits per heavy atom. The van der Waals surface area contributed by atoms with Crippen molar-refractivity contribution in [2.75, 3.05) is 24.7 Å². The molecule has 248 valence electrons. The van der Waals surface area contributed by atoms with Crippen molar-refractivity contribution in [3.8, 4) is 11.5 Å². The van der Waals surface area contributed by atoms with Gasteiger partial charge in [0.2, 0.25) is 23.6 Å². The number of amides is 4. The Balaban J connectivity index is 1.30. The number of likely N-dealkylation sites (tertiary alicyclic amines) is 1. The SMILES string of the molecule is CC12C(=O)N(c3ccc(F)c(Cl)c3)C(=O)C1CC1C(=CCC3C(=O)N(CCc4ccc(O)cc4)C(=O)C31)C2c1ccccc1OCCO. The number of aromatic hydroxyl groups is 1. The van der Waals surface area contributed by atoms with Crippen LogP contribution in [-0.2, 0) is 25.6 Å². The minimum atomic E-state index is -1.32. The van der Waals surface area contributed by atoms with Crippen LogP contribution in [0.2, 0.25) is 5.02 Å². The predicted octanol–water partition coefficient (Wildman–Crippen LogP) is 5.03. The number of aliphatic hydroxyl groups excluding tert-OH is 1. The molecule has 48 heavy (non-hydrogen) atoms. The van der Waals surface area contributed by atoms with Gasteiger partial charge >= 0.3 is 0 Å². The van der Waals surface area contributed by atoms with Crippen LogP contribution in [0.25, 0.3) is 0 Å². The standard InChI is InChI=1S/C37H34ClFN2O7/c1-37-27(34(45)41(36(37)47)21-8-13-29(39)28(38)18-21)19-26-23(32(37)24-4-2-3-5-30(24)48-17-16-42)11-12-25-31(26)35(46)40(33(25)44)15-14-20-6-9-22(43)10-7-20/h2-11,13,18,25-27,31-32,42-43H,12,14-17,19H2,1H3. The summed E-state index contributed by atoms with van der Waals surface area (Å²) in [6.07, 6.45) is 2.85. The number of halogens is 2. The van der Waals surface area contributed by atoms with E-state index in [1.54, 1.807) is 43.3 Å². The lowest BCUT2D eigenvalue weighted by molar-refractivity contribution is -0.140. The van der Waals surface area contributed by atoms with Crippen molar-refractivity contribution in [2.45, 2.75) is 32.1 Å². The second kappa shape index (κ2) is 12.2. The molecule has 3 aromatic carbocycles. The van der Waals surface area contributed by atoms with E-state index in [0.717, 1.165) is 22.1 Å². The highest BCUT2D eigenvalue weighted by Crippen LogP contribution is 2.64. The van der Waals surface area contributed by atoms with Crippen LogP contribution in [0.15, 0.2) is 78.4 Å². The highest BCUT2D eigenvalue weighted by Gasteiger charge is 2.67. The molecule has 2 aliphatic heterocycles. The normalized spacial score (nSPS) is 27.9. The molecule has 4 aliphatic rings. The van der Waals surface area contributed by atoms with Crippen molar-refractivity contribution in [3.05, 3.63) is 100 Å². The Hall–Kier alpha value is -4.54. The first-order chi connectivity index (χ1) is 23.1. The largest absolute Gasteiger partial charge is 0.508 e. The summed E-state index contributed by atoms with van der Waals surface area (Å²) in [4.78, 5) is 59.3. The van der Waals surface area contributed by atoms with Gasteiger partial charge in [-0.1, -0.05) is 53.6 Å². The number of carbonyl (C=O) groups is 4. The van der Waals surface area contributed by atoms with Crippen molar-refractivity contribution in [2.24, 2.45) is 29.1 Å². The first kappa shape index (κ1) is 32.0. The number of ether oxygens (including phenoxy) is 1. The number of imide groups is 2. The molecule has 6 atom stereocenters. The number of hydrogen-bond donors (Lipinski definition) is 2. The molecule has 1 saturated carbocycles. The summed E-state index contributed by atoms with van der Waals surface area (Å²) in [5.41, 5.74) is 1.13. The zero-order chi connectivity index (χ0) is 33.9. The first-order valence-corrected chi connectivity index (χ1v) is 16.4. The molecule has 11 heteroatoms. The molecule has 6 unspecified atom stereocenters. The number of para-hydroxylation sites is 1. The summed E-state index contributed by atoms with van der Waals surface area (Å²) >= 11 is 6.09. The van der Waals surface area contributed by atoms with Crippen LogP contribution in [-0.4, -0.2) is 58.5 Å². The Kier molecular flexibility index (Phi) is 8.12. The summed E-state index contributed by atoms with van der Waals surface area (Å²) in [5.74, 6) is -5.05. The monoisotopic (exact) mass is 672 g/mol. The van der Waals surface area contributed by atoms with E-state index in [1.807, 2.05) is 18.2 Å². The van der Waals surface area contributed by atoms with E-state index in [0.29, 0.717) is 24.2 Å². The maximum Gasteiger partial charge on any atom is 0.241 e. The van der Waals surface area contributed by atoms with Gasteiger partial charge in [-0.15, -0.1) is 0 Å². The van der Waals surface area contributed by atoms with Gasteiger partial charge < -0.3 is 14.9 Å². The van der Waals surface area contributed by atoms with Crippen LogP contribution < -0.4 is 9.64 Å². The van der Waals surface area contributed by atoms with E-state index >= 15 is 0 Å². The van der Waals surface area contributed by atoms with Gasteiger partial charge in [0.25, 0.3) is 0 Å². The Morgan fingerprint density at radius 1 is 0.979 bits per heavy atom. The third-order valence-electron chi connectivity index (χ3n) is 10.7. The van der Waals surface area contributed by atoms with E-state index in [-0.39, 0.29) is 54.5 Å². The molecule has 2 heterocycles. The molecule has 0 aromatic heterocycles. The Labute approximate surface area is 281 Å². The molecule has 4 amide bonds. The van der Waals surface area contributed by atoms with Gasteiger partial charge in [0.1, 0.15) is 23.9 Å². The molecule has 0 bridgehead atoms. The number of hydrogen-bond acceptors (Lipinski definition) is 7. The van der Waals surface area contributed by atoms with Crippen LogP contribution in [0, 0.1) is 34.9 Å². The number of nitrogens with zero attached hydrogens (tertiary/aromatic N) is 2. The molecule has 3 fully saturated rings. The van der Waals surface area contributed by atoms with Gasteiger partial charge in [-0.2, -0.15) is 0 Å². The molecule has 2 N–H and O–H groups in total.